The second kappa shape index (κ2) is 63.1. The fourth-order valence-electron chi connectivity index (χ4n) is 12.5. The Morgan fingerprint density at radius 3 is 0.453 bits per heavy atom. The summed E-state index contributed by atoms with van der Waals surface area (Å²) in [5.74, 6) is -0.190. The molecule has 4 nitrogen and oxygen atoms in total. The third kappa shape index (κ3) is 62.9. The summed E-state index contributed by atoms with van der Waals surface area (Å²) in [5, 5.41) is 0. The minimum Gasteiger partial charge on any atom is -0.748 e. The Labute approximate surface area is 476 Å². The number of rotatable bonds is 68. The van der Waals surface area contributed by atoms with E-state index in [2.05, 4.69) is 20.8 Å². The number of unbranched alkanes of at least 4 members (excludes halogenated alkanes) is 58. The molecule has 0 aliphatic carbocycles. The van der Waals surface area contributed by atoms with Crippen LogP contribution < -0.4 is 0 Å². The van der Waals surface area contributed by atoms with Crippen molar-refractivity contribution in [3.63, 3.8) is 0 Å². The second-order valence-corrected chi connectivity index (χ2v) is 26.9. The number of hydrogen-bond acceptors (Lipinski definition) is 3. The molecular weight excluding hydrogens is 935 g/mol. The van der Waals surface area contributed by atoms with Gasteiger partial charge >= 0.3 is 0 Å². The van der Waals surface area contributed by atoms with Gasteiger partial charge in [-0.05, 0) is 51.4 Å². The molecule has 5 heteroatoms. The average molecular weight is 1080 g/mol. The van der Waals surface area contributed by atoms with Gasteiger partial charge in [-0.1, -0.05) is 367 Å². The molecule has 0 aliphatic rings. The van der Waals surface area contributed by atoms with Crippen LogP contribution in [-0.4, -0.2) is 49.4 Å². The molecule has 0 rings (SSSR count). The summed E-state index contributed by atoms with van der Waals surface area (Å²) in [6.45, 7) is 11.7. The highest BCUT2D eigenvalue weighted by molar-refractivity contribution is 7.85. The van der Waals surface area contributed by atoms with Crippen LogP contribution in [0.5, 0.6) is 0 Å². The van der Waals surface area contributed by atoms with Crippen molar-refractivity contribution in [3.05, 3.63) is 0 Å². The molecule has 0 aromatic carbocycles. The Balaban J connectivity index is 4.67. The topological polar surface area (TPSA) is 57.2 Å². The lowest BCUT2D eigenvalue weighted by molar-refractivity contribution is -0.929. The zero-order chi connectivity index (χ0) is 54.4. The van der Waals surface area contributed by atoms with E-state index in [1.807, 2.05) is 0 Å². The fraction of sp³-hybridized carbons (Fsp3) is 1.00. The van der Waals surface area contributed by atoms with E-state index in [1.54, 1.807) is 0 Å². The molecule has 0 saturated heterocycles. The average Bonchev–Trinajstić information content (AvgIpc) is 3.40. The predicted octanol–water partition coefficient (Wildman–Crippen LogP) is 24.6. The molecule has 0 saturated carbocycles. The Hall–Kier alpha value is -0.130. The molecule has 0 fully saturated rings. The normalized spacial score (nSPS) is 12.2. The Kier molecular flexibility index (Phi) is 62.9. The number of hydrogen-bond donors (Lipinski definition) is 0. The quantitative estimate of drug-likeness (QED) is 0.0346. The molecule has 0 aliphatic heterocycles. The minimum atomic E-state index is -4.14. The maximum atomic E-state index is 11.6. The van der Waals surface area contributed by atoms with Crippen molar-refractivity contribution in [1.29, 1.82) is 0 Å². The number of nitrogens with zero attached hydrogens (tertiary/aromatic N) is 1. The van der Waals surface area contributed by atoms with Crippen LogP contribution in [-0.2, 0) is 10.1 Å². The molecule has 0 amide bonds. The van der Waals surface area contributed by atoms with Crippen LogP contribution in [0, 0.1) is 0 Å². The fourth-order valence-corrected chi connectivity index (χ4v) is 13.1. The molecule has 0 bridgehead atoms. The highest BCUT2D eigenvalue weighted by Crippen LogP contribution is 2.23. The monoisotopic (exact) mass is 1080 g/mol. The first-order valence-corrected chi connectivity index (χ1v) is 37.3. The van der Waals surface area contributed by atoms with Crippen LogP contribution >= 0.6 is 0 Å². The molecule has 0 spiro atoms. The van der Waals surface area contributed by atoms with Crippen LogP contribution in [0.1, 0.15) is 419 Å². The van der Waals surface area contributed by atoms with Crippen LogP contribution in [0.4, 0.5) is 0 Å². The maximum Gasteiger partial charge on any atom is 0.0945 e. The van der Waals surface area contributed by atoms with E-state index >= 15 is 0 Å². The zero-order valence-electron chi connectivity index (χ0n) is 52.5. The van der Waals surface area contributed by atoms with E-state index < -0.39 is 10.1 Å². The molecule has 0 aromatic heterocycles. The lowest BCUT2D eigenvalue weighted by Gasteiger charge is -2.40. The summed E-state index contributed by atoms with van der Waals surface area (Å²) in [4.78, 5) is 0. The molecule has 0 aromatic rings. The summed E-state index contributed by atoms with van der Waals surface area (Å²) in [6.07, 6.45) is 86.5. The van der Waals surface area contributed by atoms with Gasteiger partial charge in [0.25, 0.3) is 0 Å². The molecule has 75 heavy (non-hydrogen) atoms. The Morgan fingerprint density at radius 2 is 0.320 bits per heavy atom. The zero-order valence-corrected chi connectivity index (χ0v) is 53.3. The standard InChI is InChI=1S/C70H143NO3S/c1-4-7-10-13-16-19-22-25-28-31-34-37-40-43-46-49-52-55-58-61-66-71(69-64-65-70-75(72,73)74,67-62-59-56-53-50-47-44-41-38-35-32-29-26-23-20-17-14-11-8-5-2)68-63-60-57-54-51-48-45-42-39-36-33-30-27-24-21-18-15-12-9-6-3/h4-70H2,1-3H3. The van der Waals surface area contributed by atoms with Gasteiger partial charge in [-0.25, -0.2) is 8.42 Å². The van der Waals surface area contributed by atoms with E-state index in [-0.39, 0.29) is 5.75 Å². The van der Waals surface area contributed by atoms with Crippen molar-refractivity contribution < 1.29 is 17.5 Å². The van der Waals surface area contributed by atoms with Gasteiger partial charge < -0.3 is 9.04 Å². The smallest absolute Gasteiger partial charge is 0.0945 e. The van der Waals surface area contributed by atoms with Crippen molar-refractivity contribution in [2.75, 3.05) is 31.9 Å². The molecular formula is C70H143NO3S. The highest BCUT2D eigenvalue weighted by atomic mass is 32.2. The first kappa shape index (κ1) is 74.9. The lowest BCUT2D eigenvalue weighted by atomic mass is 10.0. The molecule has 0 N–H and O–H groups in total. The summed E-state index contributed by atoms with van der Waals surface area (Å²) < 4.78 is 36.0. The van der Waals surface area contributed by atoms with Crippen molar-refractivity contribution in [1.82, 2.24) is 0 Å². The lowest BCUT2D eigenvalue weighted by Crippen LogP contribution is -2.51. The Morgan fingerprint density at radius 1 is 0.200 bits per heavy atom. The SMILES string of the molecule is CCCCCCCCCCCCCCCCCCCCCC[N+](CCCCCCCCCCCCCCCCCCCCCC)(CCCCCCCCCCCCCCCCCCCCCC)CCCCS(=O)(=O)[O-]. The van der Waals surface area contributed by atoms with E-state index in [1.165, 1.54) is 409 Å². The Bertz CT molecular complexity index is 1030. The minimum absolute atomic E-state index is 0.190. The van der Waals surface area contributed by atoms with Crippen LogP contribution in [0.2, 0.25) is 0 Å². The first-order chi connectivity index (χ1) is 36.9. The molecule has 452 valence electrons. The van der Waals surface area contributed by atoms with E-state index in [4.69, 9.17) is 0 Å². The third-order valence-corrected chi connectivity index (χ3v) is 18.5. The summed E-state index contributed by atoms with van der Waals surface area (Å²) in [7, 11) is -4.14. The van der Waals surface area contributed by atoms with Gasteiger partial charge in [0.1, 0.15) is 0 Å². The van der Waals surface area contributed by atoms with Crippen LogP contribution in [0.3, 0.4) is 0 Å². The van der Waals surface area contributed by atoms with Crippen molar-refractivity contribution in [2.45, 2.75) is 419 Å². The predicted molar refractivity (Wildman–Crippen MR) is 338 cm³/mol. The van der Waals surface area contributed by atoms with Gasteiger partial charge in [0, 0.05) is 5.75 Å². The summed E-state index contributed by atoms with van der Waals surface area (Å²) in [6, 6.07) is 0. The highest BCUT2D eigenvalue weighted by Gasteiger charge is 2.26. The van der Waals surface area contributed by atoms with Gasteiger partial charge in [-0.2, -0.15) is 0 Å². The van der Waals surface area contributed by atoms with Crippen LogP contribution in [0.25, 0.3) is 0 Å². The van der Waals surface area contributed by atoms with Gasteiger partial charge in [0.05, 0.1) is 36.3 Å². The van der Waals surface area contributed by atoms with Gasteiger partial charge in [-0.3, -0.25) is 0 Å². The molecule has 0 radical (unpaired) electrons. The third-order valence-electron chi connectivity index (χ3n) is 17.7. The molecule has 0 atom stereocenters. The van der Waals surface area contributed by atoms with Gasteiger partial charge in [0.2, 0.25) is 0 Å². The maximum absolute atomic E-state index is 11.6. The van der Waals surface area contributed by atoms with Crippen LogP contribution in [0.15, 0.2) is 0 Å². The van der Waals surface area contributed by atoms with E-state index in [9.17, 15) is 13.0 Å². The summed E-state index contributed by atoms with van der Waals surface area (Å²) in [5.41, 5.74) is 0. The van der Waals surface area contributed by atoms with Gasteiger partial charge in [-0.15, -0.1) is 0 Å². The molecule has 0 heterocycles. The first-order valence-electron chi connectivity index (χ1n) is 35.7. The van der Waals surface area contributed by atoms with Crippen molar-refractivity contribution >= 4 is 10.1 Å². The second-order valence-electron chi connectivity index (χ2n) is 25.4. The van der Waals surface area contributed by atoms with Gasteiger partial charge in [0.15, 0.2) is 0 Å². The van der Waals surface area contributed by atoms with E-state index in [0.29, 0.717) is 6.42 Å². The van der Waals surface area contributed by atoms with Crippen molar-refractivity contribution in [3.8, 4) is 0 Å². The molecule has 0 unspecified atom stereocenters. The van der Waals surface area contributed by atoms with E-state index in [0.717, 1.165) is 13.0 Å². The number of quaternary nitrogens is 1. The van der Waals surface area contributed by atoms with Crippen molar-refractivity contribution in [2.24, 2.45) is 0 Å². The largest absolute Gasteiger partial charge is 0.748 e. The summed E-state index contributed by atoms with van der Waals surface area (Å²) >= 11 is 0.